The van der Waals surface area contributed by atoms with Crippen LogP contribution >= 0.6 is 11.6 Å². The Kier molecular flexibility index (Phi) is 10.8. The van der Waals surface area contributed by atoms with E-state index < -0.39 is 28.5 Å². The molecule has 40 heavy (non-hydrogen) atoms. The second-order valence-electron chi connectivity index (χ2n) is 8.98. The fraction of sp³-hybridized carbons (Fsp3) is 0.310. The van der Waals surface area contributed by atoms with Crippen molar-refractivity contribution in [1.29, 1.82) is 0 Å². The van der Waals surface area contributed by atoms with Crippen molar-refractivity contribution in [3.05, 3.63) is 83.4 Å². The van der Waals surface area contributed by atoms with E-state index in [0.717, 1.165) is 10.7 Å². The zero-order valence-electron chi connectivity index (χ0n) is 23.0. The summed E-state index contributed by atoms with van der Waals surface area (Å²) in [5, 5.41) is 3.29. The second-order valence-corrected chi connectivity index (χ2v) is 11.3. The summed E-state index contributed by atoms with van der Waals surface area (Å²) in [6, 6.07) is 18.5. The first-order valence-electron chi connectivity index (χ1n) is 12.7. The molecule has 9 nitrogen and oxygen atoms in total. The molecule has 0 aliphatic heterocycles. The van der Waals surface area contributed by atoms with Crippen LogP contribution in [0.15, 0.2) is 77.7 Å². The minimum atomic E-state index is -4.25. The van der Waals surface area contributed by atoms with Gasteiger partial charge in [-0.25, -0.2) is 8.42 Å². The SMILES string of the molecule is CCCNC(=O)[C@H](C)N(Cc1cccc(Cl)c1)C(=O)CN(c1cc(OC)ccc1OC)S(=O)(=O)c1ccccc1. The van der Waals surface area contributed by atoms with Crippen LogP contribution in [0.3, 0.4) is 0 Å². The van der Waals surface area contributed by atoms with Gasteiger partial charge in [0, 0.05) is 24.2 Å². The molecule has 0 radical (unpaired) electrons. The number of benzene rings is 3. The number of ether oxygens (including phenoxy) is 2. The first-order chi connectivity index (χ1) is 19.1. The Morgan fingerprint density at radius 3 is 2.33 bits per heavy atom. The fourth-order valence-electron chi connectivity index (χ4n) is 4.04. The Labute approximate surface area is 240 Å². The van der Waals surface area contributed by atoms with Crippen molar-refractivity contribution in [2.24, 2.45) is 0 Å². The smallest absolute Gasteiger partial charge is 0.264 e. The van der Waals surface area contributed by atoms with Crippen LogP contribution in [-0.2, 0) is 26.2 Å². The van der Waals surface area contributed by atoms with Crippen molar-refractivity contribution in [2.75, 3.05) is 31.6 Å². The second kappa shape index (κ2) is 14.0. The van der Waals surface area contributed by atoms with E-state index in [2.05, 4.69) is 5.32 Å². The molecular formula is C29H34ClN3O6S. The number of amides is 2. The zero-order valence-corrected chi connectivity index (χ0v) is 24.5. The Balaban J connectivity index is 2.10. The number of anilines is 1. The van der Waals surface area contributed by atoms with Gasteiger partial charge in [-0.3, -0.25) is 13.9 Å². The molecule has 3 aromatic carbocycles. The number of hydrogen-bond acceptors (Lipinski definition) is 6. The molecule has 1 atom stereocenters. The van der Waals surface area contributed by atoms with E-state index >= 15 is 0 Å². The van der Waals surface area contributed by atoms with Crippen molar-refractivity contribution < 1.29 is 27.5 Å². The lowest BCUT2D eigenvalue weighted by Crippen LogP contribution is -2.51. The predicted molar refractivity (Wildman–Crippen MR) is 155 cm³/mol. The van der Waals surface area contributed by atoms with Crippen molar-refractivity contribution in [2.45, 2.75) is 37.8 Å². The summed E-state index contributed by atoms with van der Waals surface area (Å²) in [5.41, 5.74) is 0.803. The van der Waals surface area contributed by atoms with Gasteiger partial charge in [0.2, 0.25) is 11.8 Å². The van der Waals surface area contributed by atoms with Gasteiger partial charge in [0.05, 0.1) is 24.8 Å². The highest BCUT2D eigenvalue weighted by molar-refractivity contribution is 7.92. The van der Waals surface area contributed by atoms with Crippen molar-refractivity contribution >= 4 is 39.1 Å². The van der Waals surface area contributed by atoms with Gasteiger partial charge in [-0.1, -0.05) is 48.9 Å². The van der Waals surface area contributed by atoms with Gasteiger partial charge < -0.3 is 19.7 Å². The molecule has 0 spiro atoms. The van der Waals surface area contributed by atoms with Crippen LogP contribution in [-0.4, -0.2) is 58.5 Å². The molecule has 0 heterocycles. The van der Waals surface area contributed by atoms with Gasteiger partial charge in [-0.05, 0) is 55.3 Å². The maximum atomic E-state index is 14.0. The third-order valence-electron chi connectivity index (χ3n) is 6.22. The van der Waals surface area contributed by atoms with Crippen LogP contribution in [0.5, 0.6) is 11.5 Å². The fourth-order valence-corrected chi connectivity index (χ4v) is 5.69. The minimum absolute atomic E-state index is 0.0113. The van der Waals surface area contributed by atoms with Gasteiger partial charge in [0.25, 0.3) is 10.0 Å². The number of methoxy groups -OCH3 is 2. The summed E-state index contributed by atoms with van der Waals surface area (Å²) in [5.74, 6) is -0.347. The van der Waals surface area contributed by atoms with Crippen molar-refractivity contribution in [3.63, 3.8) is 0 Å². The molecule has 214 valence electrons. The topological polar surface area (TPSA) is 105 Å². The standard InChI is InChI=1S/C29H34ClN3O6S/c1-5-16-31-29(35)21(2)32(19-22-10-9-11-23(30)17-22)28(34)20-33(40(36,37)25-12-7-6-8-13-25)26-18-24(38-3)14-15-27(26)39-4/h6-15,17-18,21H,5,16,19-20H2,1-4H3,(H,31,35)/t21-/m0/s1. The van der Waals surface area contributed by atoms with Gasteiger partial charge >= 0.3 is 0 Å². The summed E-state index contributed by atoms with van der Waals surface area (Å²) in [6.07, 6.45) is 0.722. The average Bonchev–Trinajstić information content (AvgIpc) is 2.97. The summed E-state index contributed by atoms with van der Waals surface area (Å²) < 4.78 is 39.7. The number of nitrogens with one attached hydrogen (secondary N) is 1. The largest absolute Gasteiger partial charge is 0.497 e. The van der Waals surface area contributed by atoms with Gasteiger partial charge in [0.1, 0.15) is 24.1 Å². The zero-order chi connectivity index (χ0) is 29.3. The van der Waals surface area contributed by atoms with E-state index in [-0.39, 0.29) is 28.8 Å². The molecule has 11 heteroatoms. The number of carbonyl (C=O) groups is 2. The Bertz CT molecular complexity index is 1420. The minimum Gasteiger partial charge on any atom is -0.497 e. The number of nitrogens with zero attached hydrogens (tertiary/aromatic N) is 2. The van der Waals surface area contributed by atoms with Crippen LogP contribution in [0.2, 0.25) is 5.02 Å². The lowest BCUT2D eigenvalue weighted by atomic mass is 10.1. The molecule has 0 aromatic heterocycles. The molecule has 0 fully saturated rings. The Morgan fingerprint density at radius 2 is 1.70 bits per heavy atom. The van der Waals surface area contributed by atoms with Crippen LogP contribution in [0.1, 0.15) is 25.8 Å². The highest BCUT2D eigenvalue weighted by Crippen LogP contribution is 2.36. The highest BCUT2D eigenvalue weighted by atomic mass is 35.5. The quantitative estimate of drug-likeness (QED) is 0.316. The van der Waals surface area contributed by atoms with E-state index in [4.69, 9.17) is 21.1 Å². The third kappa shape index (κ3) is 7.45. The van der Waals surface area contributed by atoms with E-state index in [1.165, 1.54) is 37.3 Å². The molecule has 3 rings (SSSR count). The molecule has 0 unspecified atom stereocenters. The number of carbonyl (C=O) groups excluding carboxylic acids is 2. The summed E-state index contributed by atoms with van der Waals surface area (Å²) in [4.78, 5) is 28.3. The van der Waals surface area contributed by atoms with Gasteiger partial charge in [0.15, 0.2) is 0 Å². The number of halogens is 1. The number of hydrogen-bond donors (Lipinski definition) is 1. The molecule has 0 aliphatic carbocycles. The number of sulfonamides is 1. The molecular weight excluding hydrogens is 554 g/mol. The molecule has 3 aromatic rings. The monoisotopic (exact) mass is 587 g/mol. The normalized spacial score (nSPS) is 11.8. The van der Waals surface area contributed by atoms with Crippen molar-refractivity contribution in [1.82, 2.24) is 10.2 Å². The molecule has 1 N–H and O–H groups in total. The van der Waals surface area contributed by atoms with E-state index in [9.17, 15) is 18.0 Å². The Morgan fingerprint density at radius 1 is 0.975 bits per heavy atom. The third-order valence-corrected chi connectivity index (χ3v) is 8.23. The lowest BCUT2D eigenvalue weighted by molar-refractivity contribution is -0.139. The molecule has 0 aliphatic rings. The van der Waals surface area contributed by atoms with Crippen LogP contribution in [0.4, 0.5) is 5.69 Å². The highest BCUT2D eigenvalue weighted by Gasteiger charge is 2.34. The maximum Gasteiger partial charge on any atom is 0.264 e. The van der Waals surface area contributed by atoms with E-state index in [0.29, 0.717) is 22.9 Å². The summed E-state index contributed by atoms with van der Waals surface area (Å²) in [7, 11) is -1.39. The summed E-state index contributed by atoms with van der Waals surface area (Å²) in [6.45, 7) is 3.41. The molecule has 0 bridgehead atoms. The average molecular weight is 588 g/mol. The maximum absolute atomic E-state index is 14.0. The summed E-state index contributed by atoms with van der Waals surface area (Å²) >= 11 is 6.18. The Hall–Kier alpha value is -3.76. The van der Waals surface area contributed by atoms with Gasteiger partial charge in [-0.2, -0.15) is 0 Å². The number of rotatable bonds is 13. The van der Waals surface area contributed by atoms with E-state index in [1.54, 1.807) is 61.5 Å². The van der Waals surface area contributed by atoms with Crippen LogP contribution < -0.4 is 19.1 Å². The van der Waals surface area contributed by atoms with E-state index in [1.807, 2.05) is 6.92 Å². The first-order valence-corrected chi connectivity index (χ1v) is 14.6. The molecule has 0 saturated heterocycles. The first kappa shape index (κ1) is 30.8. The predicted octanol–water partition coefficient (Wildman–Crippen LogP) is 4.50. The molecule has 0 saturated carbocycles. The lowest BCUT2D eigenvalue weighted by Gasteiger charge is -2.32. The van der Waals surface area contributed by atoms with Gasteiger partial charge in [-0.15, -0.1) is 0 Å². The molecule has 2 amide bonds. The van der Waals surface area contributed by atoms with Crippen LogP contribution in [0, 0.1) is 0 Å². The van der Waals surface area contributed by atoms with Crippen molar-refractivity contribution in [3.8, 4) is 11.5 Å². The van der Waals surface area contributed by atoms with Crippen LogP contribution in [0.25, 0.3) is 0 Å².